The van der Waals surface area contributed by atoms with Crippen molar-refractivity contribution < 1.29 is 18.4 Å². The van der Waals surface area contributed by atoms with Crippen LogP contribution in [-0.4, -0.2) is 22.0 Å². The van der Waals surface area contributed by atoms with Crippen molar-refractivity contribution in [2.45, 2.75) is 0 Å². The van der Waals surface area contributed by atoms with Crippen LogP contribution in [0.1, 0.15) is 20.7 Å². The third-order valence-electron chi connectivity index (χ3n) is 4.32. The summed E-state index contributed by atoms with van der Waals surface area (Å²) in [5, 5.41) is 7.96. The number of nitrogens with zero attached hydrogens (tertiary/aromatic N) is 3. The maximum Gasteiger partial charge on any atom is 0.283 e. The van der Waals surface area contributed by atoms with Crippen LogP contribution in [0.15, 0.2) is 75.8 Å². The molecule has 2 aromatic carbocycles. The predicted molar refractivity (Wildman–Crippen MR) is 95.0 cm³/mol. The quantitative estimate of drug-likeness (QED) is 0.518. The molecule has 0 aliphatic carbocycles. The Balaban J connectivity index is 1.45. The molecule has 0 saturated carbocycles. The average molecular weight is 357 g/mol. The Bertz CT molecular complexity index is 1130. The highest BCUT2D eigenvalue weighted by Crippen LogP contribution is 2.30. The van der Waals surface area contributed by atoms with Gasteiger partial charge in [-0.2, -0.15) is 0 Å². The van der Waals surface area contributed by atoms with Gasteiger partial charge in [0.05, 0.1) is 23.1 Å². The number of carbonyl (C=O) groups excluding carboxylic acids is 2. The summed E-state index contributed by atoms with van der Waals surface area (Å²) in [5.41, 5.74) is 1.97. The van der Waals surface area contributed by atoms with Gasteiger partial charge in [0.2, 0.25) is 5.89 Å². The zero-order chi connectivity index (χ0) is 18.4. The Morgan fingerprint density at radius 2 is 1.41 bits per heavy atom. The first-order valence-corrected chi connectivity index (χ1v) is 8.18. The number of furan rings is 1. The van der Waals surface area contributed by atoms with Crippen molar-refractivity contribution in [1.29, 1.82) is 0 Å². The fourth-order valence-corrected chi connectivity index (χ4v) is 3.02. The summed E-state index contributed by atoms with van der Waals surface area (Å²) in [7, 11) is 0. The molecule has 3 heterocycles. The SMILES string of the molecule is O=C1c2ccccc2C(=O)N1c1ccc(-c2nnc(-c3ccco3)o2)cc1. The number of anilines is 1. The van der Waals surface area contributed by atoms with E-state index < -0.39 is 0 Å². The van der Waals surface area contributed by atoms with Crippen molar-refractivity contribution in [3.63, 3.8) is 0 Å². The third kappa shape index (κ3) is 2.36. The maximum absolute atomic E-state index is 12.6. The van der Waals surface area contributed by atoms with Crippen LogP contribution in [-0.2, 0) is 0 Å². The number of carbonyl (C=O) groups is 2. The van der Waals surface area contributed by atoms with Crippen molar-refractivity contribution in [1.82, 2.24) is 10.2 Å². The number of fused-ring (bicyclic) bond motifs is 1. The van der Waals surface area contributed by atoms with Crippen LogP contribution in [0.2, 0.25) is 0 Å². The van der Waals surface area contributed by atoms with Crippen LogP contribution >= 0.6 is 0 Å². The van der Waals surface area contributed by atoms with E-state index in [1.54, 1.807) is 60.7 Å². The molecule has 7 heteroatoms. The Morgan fingerprint density at radius 3 is 2.04 bits per heavy atom. The van der Waals surface area contributed by atoms with E-state index in [2.05, 4.69) is 10.2 Å². The van der Waals surface area contributed by atoms with Gasteiger partial charge in [-0.05, 0) is 48.5 Å². The van der Waals surface area contributed by atoms with Gasteiger partial charge in [-0.3, -0.25) is 9.59 Å². The number of rotatable bonds is 3. The zero-order valence-electron chi connectivity index (χ0n) is 13.8. The van der Waals surface area contributed by atoms with Gasteiger partial charge >= 0.3 is 0 Å². The molecule has 2 amide bonds. The molecule has 5 rings (SSSR count). The van der Waals surface area contributed by atoms with E-state index >= 15 is 0 Å². The molecule has 1 aliphatic heterocycles. The smallest absolute Gasteiger partial charge is 0.283 e. The Labute approximate surface area is 152 Å². The minimum atomic E-state index is -0.332. The Kier molecular flexibility index (Phi) is 3.26. The molecule has 0 atom stereocenters. The summed E-state index contributed by atoms with van der Waals surface area (Å²) in [4.78, 5) is 26.3. The first-order chi connectivity index (χ1) is 13.2. The van der Waals surface area contributed by atoms with E-state index in [-0.39, 0.29) is 17.7 Å². The van der Waals surface area contributed by atoms with Crippen LogP contribution in [0.4, 0.5) is 5.69 Å². The molecule has 4 aromatic rings. The lowest BCUT2D eigenvalue weighted by Crippen LogP contribution is -2.29. The molecule has 27 heavy (non-hydrogen) atoms. The summed E-state index contributed by atoms with van der Waals surface area (Å²) < 4.78 is 10.8. The average Bonchev–Trinajstić information content (AvgIpc) is 3.43. The van der Waals surface area contributed by atoms with E-state index in [4.69, 9.17) is 8.83 Å². The van der Waals surface area contributed by atoms with Crippen molar-refractivity contribution in [3.05, 3.63) is 78.1 Å². The van der Waals surface area contributed by atoms with E-state index in [1.165, 1.54) is 6.26 Å². The van der Waals surface area contributed by atoms with E-state index in [9.17, 15) is 9.59 Å². The summed E-state index contributed by atoms with van der Waals surface area (Å²) in [6.45, 7) is 0. The Morgan fingerprint density at radius 1 is 0.741 bits per heavy atom. The third-order valence-corrected chi connectivity index (χ3v) is 4.32. The number of amides is 2. The summed E-state index contributed by atoms with van der Waals surface area (Å²) in [6.07, 6.45) is 1.52. The standard InChI is InChI=1S/C20H11N3O4/c24-19-14-4-1-2-5-15(14)20(25)23(19)13-9-7-12(8-10-13)17-21-22-18(27-17)16-6-3-11-26-16/h1-11H. The van der Waals surface area contributed by atoms with Crippen molar-refractivity contribution in [3.8, 4) is 23.1 Å². The van der Waals surface area contributed by atoms with Crippen LogP contribution in [0.25, 0.3) is 23.1 Å². The molecule has 7 nitrogen and oxygen atoms in total. The van der Waals surface area contributed by atoms with Gasteiger partial charge in [0.1, 0.15) is 0 Å². The lowest BCUT2D eigenvalue weighted by molar-refractivity contribution is 0.0926. The molecule has 130 valence electrons. The highest BCUT2D eigenvalue weighted by Gasteiger charge is 2.36. The number of imide groups is 1. The van der Waals surface area contributed by atoms with Gasteiger partial charge in [0.25, 0.3) is 17.7 Å². The molecular formula is C20H11N3O4. The minimum absolute atomic E-state index is 0.277. The first-order valence-electron chi connectivity index (χ1n) is 8.18. The predicted octanol–water partition coefficient (Wildman–Crippen LogP) is 3.80. The molecular weight excluding hydrogens is 346 g/mol. The highest BCUT2D eigenvalue weighted by atomic mass is 16.4. The van der Waals surface area contributed by atoms with Crippen molar-refractivity contribution >= 4 is 17.5 Å². The summed E-state index contributed by atoms with van der Waals surface area (Å²) in [6, 6.07) is 17.0. The lowest BCUT2D eigenvalue weighted by atomic mass is 10.1. The molecule has 0 N–H and O–H groups in total. The molecule has 0 unspecified atom stereocenters. The van der Waals surface area contributed by atoms with Gasteiger partial charge in [0.15, 0.2) is 5.76 Å². The van der Waals surface area contributed by atoms with Crippen LogP contribution in [0.5, 0.6) is 0 Å². The first kappa shape index (κ1) is 15.3. The van der Waals surface area contributed by atoms with E-state index in [0.29, 0.717) is 34.0 Å². The molecule has 0 saturated heterocycles. The van der Waals surface area contributed by atoms with Crippen LogP contribution in [0, 0.1) is 0 Å². The fourth-order valence-electron chi connectivity index (χ4n) is 3.02. The second-order valence-corrected chi connectivity index (χ2v) is 5.93. The van der Waals surface area contributed by atoms with Crippen molar-refractivity contribution in [2.24, 2.45) is 0 Å². The number of aromatic nitrogens is 2. The number of hydrogen-bond acceptors (Lipinski definition) is 6. The normalized spacial score (nSPS) is 13.3. The summed E-state index contributed by atoms with van der Waals surface area (Å²) in [5.74, 6) is 0.411. The van der Waals surface area contributed by atoms with Gasteiger partial charge in [0, 0.05) is 5.56 Å². The highest BCUT2D eigenvalue weighted by molar-refractivity contribution is 6.34. The van der Waals surface area contributed by atoms with E-state index in [1.807, 2.05) is 0 Å². The molecule has 1 aliphatic rings. The molecule has 2 aromatic heterocycles. The Hall–Kier alpha value is -4.00. The fraction of sp³-hybridized carbons (Fsp3) is 0. The van der Waals surface area contributed by atoms with Gasteiger partial charge < -0.3 is 8.83 Å². The topological polar surface area (TPSA) is 89.4 Å². The minimum Gasteiger partial charge on any atom is -0.459 e. The van der Waals surface area contributed by atoms with E-state index in [0.717, 1.165) is 4.90 Å². The molecule has 0 fully saturated rings. The van der Waals surface area contributed by atoms with Crippen LogP contribution in [0.3, 0.4) is 0 Å². The number of benzene rings is 2. The second kappa shape index (κ2) is 5.77. The van der Waals surface area contributed by atoms with Gasteiger partial charge in [-0.25, -0.2) is 4.90 Å². The largest absolute Gasteiger partial charge is 0.459 e. The molecule has 0 bridgehead atoms. The summed E-state index contributed by atoms with van der Waals surface area (Å²) >= 11 is 0. The number of hydrogen-bond donors (Lipinski definition) is 0. The molecule has 0 spiro atoms. The molecule has 0 radical (unpaired) electrons. The second-order valence-electron chi connectivity index (χ2n) is 5.93. The monoisotopic (exact) mass is 357 g/mol. The maximum atomic E-state index is 12.6. The lowest BCUT2D eigenvalue weighted by Gasteiger charge is -2.13. The van der Waals surface area contributed by atoms with Crippen molar-refractivity contribution in [2.75, 3.05) is 4.90 Å². The van der Waals surface area contributed by atoms with Gasteiger partial charge in [-0.15, -0.1) is 10.2 Å². The van der Waals surface area contributed by atoms with Crippen LogP contribution < -0.4 is 4.90 Å². The van der Waals surface area contributed by atoms with Gasteiger partial charge in [-0.1, -0.05) is 12.1 Å². The zero-order valence-corrected chi connectivity index (χ0v) is 13.8.